The predicted octanol–water partition coefficient (Wildman–Crippen LogP) is 3.22. The summed E-state index contributed by atoms with van der Waals surface area (Å²) in [5, 5.41) is 0. The number of piperazine rings is 1. The molecule has 188 valence electrons. The van der Waals surface area contributed by atoms with Crippen LogP contribution in [0.4, 0.5) is 0 Å². The Morgan fingerprint density at radius 1 is 1.03 bits per heavy atom. The summed E-state index contributed by atoms with van der Waals surface area (Å²) in [5.74, 6) is 1.34. The standard InChI is InChI=1S/C27H36N4O4/c1-3-34-25-17-23(9-10-24(25)35-20-22-8-6-11-28-18-22)27(33)30-15-13-29(14-16-30)19-26(32)31-12-5-4-7-21(31)2/h6,8-11,17-18,21H,3-5,7,12-16,19-20H2,1-2H3. The van der Waals surface area contributed by atoms with E-state index in [2.05, 4.69) is 16.8 Å². The minimum Gasteiger partial charge on any atom is -0.490 e. The zero-order valence-electron chi connectivity index (χ0n) is 20.8. The second-order valence-electron chi connectivity index (χ2n) is 9.24. The molecule has 0 aliphatic carbocycles. The summed E-state index contributed by atoms with van der Waals surface area (Å²) >= 11 is 0. The van der Waals surface area contributed by atoms with Crippen molar-refractivity contribution < 1.29 is 19.1 Å². The van der Waals surface area contributed by atoms with Gasteiger partial charge in [0.2, 0.25) is 5.91 Å². The van der Waals surface area contributed by atoms with E-state index in [4.69, 9.17) is 9.47 Å². The van der Waals surface area contributed by atoms with Crippen LogP contribution < -0.4 is 9.47 Å². The van der Waals surface area contributed by atoms with Crippen LogP contribution >= 0.6 is 0 Å². The van der Waals surface area contributed by atoms with Crippen molar-refractivity contribution in [3.8, 4) is 11.5 Å². The topological polar surface area (TPSA) is 75.2 Å². The van der Waals surface area contributed by atoms with Crippen LogP contribution in [-0.2, 0) is 11.4 Å². The number of pyridine rings is 1. The van der Waals surface area contributed by atoms with Gasteiger partial charge in [-0.05, 0) is 57.4 Å². The van der Waals surface area contributed by atoms with Crippen molar-refractivity contribution >= 4 is 11.8 Å². The summed E-state index contributed by atoms with van der Waals surface area (Å²) in [7, 11) is 0. The molecule has 0 bridgehead atoms. The molecule has 1 atom stereocenters. The number of rotatable bonds is 8. The van der Waals surface area contributed by atoms with Gasteiger partial charge >= 0.3 is 0 Å². The molecular weight excluding hydrogens is 444 g/mol. The molecule has 2 fully saturated rings. The van der Waals surface area contributed by atoms with Gasteiger partial charge in [-0.3, -0.25) is 19.5 Å². The van der Waals surface area contributed by atoms with E-state index in [9.17, 15) is 9.59 Å². The SMILES string of the molecule is CCOc1cc(C(=O)N2CCN(CC(=O)N3CCCCC3C)CC2)ccc1OCc1cccnc1. The molecule has 2 aromatic rings. The minimum absolute atomic E-state index is 0.0274. The summed E-state index contributed by atoms with van der Waals surface area (Å²) in [6, 6.07) is 9.49. The van der Waals surface area contributed by atoms with E-state index in [1.165, 1.54) is 6.42 Å². The summed E-state index contributed by atoms with van der Waals surface area (Å²) < 4.78 is 11.7. The van der Waals surface area contributed by atoms with Crippen molar-refractivity contribution in [2.45, 2.75) is 45.8 Å². The molecule has 0 spiro atoms. The Kier molecular flexibility index (Phi) is 8.58. The Hall–Kier alpha value is -3.13. The summed E-state index contributed by atoms with van der Waals surface area (Å²) in [5.41, 5.74) is 1.54. The summed E-state index contributed by atoms with van der Waals surface area (Å²) in [6.45, 7) is 8.79. The molecule has 0 N–H and O–H groups in total. The maximum Gasteiger partial charge on any atom is 0.254 e. The monoisotopic (exact) mass is 480 g/mol. The third-order valence-electron chi connectivity index (χ3n) is 6.75. The maximum atomic E-state index is 13.2. The first-order valence-electron chi connectivity index (χ1n) is 12.6. The zero-order valence-corrected chi connectivity index (χ0v) is 20.8. The zero-order chi connectivity index (χ0) is 24.6. The molecular formula is C27H36N4O4. The number of aromatic nitrogens is 1. The van der Waals surface area contributed by atoms with Crippen molar-refractivity contribution in [1.29, 1.82) is 0 Å². The van der Waals surface area contributed by atoms with E-state index in [-0.39, 0.29) is 11.8 Å². The molecule has 1 unspecified atom stereocenters. The van der Waals surface area contributed by atoms with Crippen LogP contribution in [0.1, 0.15) is 49.0 Å². The number of benzene rings is 1. The van der Waals surface area contributed by atoms with Gasteiger partial charge in [-0.25, -0.2) is 0 Å². The van der Waals surface area contributed by atoms with Gasteiger partial charge in [0.25, 0.3) is 5.91 Å². The van der Waals surface area contributed by atoms with E-state index in [1.807, 2.05) is 28.9 Å². The van der Waals surface area contributed by atoms with E-state index < -0.39 is 0 Å². The van der Waals surface area contributed by atoms with Crippen LogP contribution in [-0.4, -0.2) is 83.4 Å². The normalized spacial score (nSPS) is 18.9. The molecule has 0 radical (unpaired) electrons. The smallest absolute Gasteiger partial charge is 0.254 e. The number of carbonyl (C=O) groups is 2. The van der Waals surface area contributed by atoms with E-state index >= 15 is 0 Å². The number of ether oxygens (including phenoxy) is 2. The molecule has 1 aromatic heterocycles. The highest BCUT2D eigenvalue weighted by atomic mass is 16.5. The fraction of sp³-hybridized carbons (Fsp3) is 0.519. The quantitative estimate of drug-likeness (QED) is 0.578. The molecule has 0 saturated carbocycles. The lowest BCUT2D eigenvalue weighted by atomic mass is 10.0. The van der Waals surface area contributed by atoms with Gasteiger partial charge in [-0.2, -0.15) is 0 Å². The van der Waals surface area contributed by atoms with Gasteiger partial charge in [0.1, 0.15) is 6.61 Å². The second kappa shape index (κ2) is 12.0. The van der Waals surface area contributed by atoms with Crippen LogP contribution in [0.25, 0.3) is 0 Å². The Bertz CT molecular complexity index is 992. The molecule has 2 aliphatic heterocycles. The third kappa shape index (κ3) is 6.51. The number of piperidine rings is 1. The number of carbonyl (C=O) groups excluding carboxylic acids is 2. The van der Waals surface area contributed by atoms with Crippen LogP contribution in [0.5, 0.6) is 11.5 Å². The molecule has 8 nitrogen and oxygen atoms in total. The average molecular weight is 481 g/mol. The number of amides is 2. The largest absolute Gasteiger partial charge is 0.490 e. The minimum atomic E-state index is -0.0274. The van der Waals surface area contributed by atoms with Gasteiger partial charge in [-0.1, -0.05) is 6.07 Å². The fourth-order valence-electron chi connectivity index (χ4n) is 4.72. The summed E-state index contributed by atoms with van der Waals surface area (Å²) in [6.07, 6.45) is 6.87. The molecule has 4 rings (SSSR count). The van der Waals surface area contributed by atoms with Gasteiger partial charge in [0, 0.05) is 62.3 Å². The molecule has 2 aliphatic rings. The maximum absolute atomic E-state index is 13.2. The van der Waals surface area contributed by atoms with Gasteiger partial charge in [-0.15, -0.1) is 0 Å². The van der Waals surface area contributed by atoms with E-state index in [0.717, 1.165) is 24.9 Å². The van der Waals surface area contributed by atoms with Crippen molar-refractivity contribution in [1.82, 2.24) is 19.7 Å². The first kappa shape index (κ1) is 25.0. The Morgan fingerprint density at radius 2 is 1.86 bits per heavy atom. The average Bonchev–Trinajstić information content (AvgIpc) is 2.89. The van der Waals surface area contributed by atoms with Crippen LogP contribution in [0.15, 0.2) is 42.7 Å². The number of likely N-dealkylation sites (tertiary alicyclic amines) is 1. The Labute approximate surface area is 207 Å². The van der Waals surface area contributed by atoms with Crippen molar-refractivity contribution in [3.05, 3.63) is 53.9 Å². The summed E-state index contributed by atoms with van der Waals surface area (Å²) in [4.78, 5) is 36.1. The molecule has 1 aromatic carbocycles. The first-order chi connectivity index (χ1) is 17.0. The van der Waals surface area contributed by atoms with E-state index in [1.54, 1.807) is 30.6 Å². The van der Waals surface area contributed by atoms with Gasteiger partial charge in [0.05, 0.1) is 13.2 Å². The second-order valence-corrected chi connectivity index (χ2v) is 9.24. The van der Waals surface area contributed by atoms with Gasteiger partial charge < -0.3 is 19.3 Å². The van der Waals surface area contributed by atoms with E-state index in [0.29, 0.717) is 69.0 Å². The van der Waals surface area contributed by atoms with Crippen molar-refractivity contribution in [3.63, 3.8) is 0 Å². The fourth-order valence-corrected chi connectivity index (χ4v) is 4.72. The molecule has 35 heavy (non-hydrogen) atoms. The molecule has 3 heterocycles. The van der Waals surface area contributed by atoms with Crippen LogP contribution in [0.3, 0.4) is 0 Å². The highest BCUT2D eigenvalue weighted by molar-refractivity contribution is 5.95. The number of nitrogens with zero attached hydrogens (tertiary/aromatic N) is 4. The Morgan fingerprint density at radius 3 is 2.57 bits per heavy atom. The number of hydrogen-bond acceptors (Lipinski definition) is 6. The predicted molar refractivity (Wildman–Crippen MR) is 134 cm³/mol. The van der Waals surface area contributed by atoms with Crippen molar-refractivity contribution in [2.75, 3.05) is 45.9 Å². The third-order valence-corrected chi connectivity index (χ3v) is 6.75. The van der Waals surface area contributed by atoms with Gasteiger partial charge in [0.15, 0.2) is 11.5 Å². The number of hydrogen-bond donors (Lipinski definition) is 0. The van der Waals surface area contributed by atoms with Crippen LogP contribution in [0.2, 0.25) is 0 Å². The van der Waals surface area contributed by atoms with Crippen LogP contribution in [0, 0.1) is 0 Å². The molecule has 2 amide bonds. The lowest BCUT2D eigenvalue weighted by Crippen LogP contribution is -2.53. The highest BCUT2D eigenvalue weighted by Gasteiger charge is 2.28. The molecule has 8 heteroatoms. The lowest BCUT2D eigenvalue weighted by molar-refractivity contribution is -0.136. The molecule has 2 saturated heterocycles. The lowest BCUT2D eigenvalue weighted by Gasteiger charge is -2.38. The highest BCUT2D eigenvalue weighted by Crippen LogP contribution is 2.30. The van der Waals surface area contributed by atoms with Crippen molar-refractivity contribution in [2.24, 2.45) is 0 Å². The first-order valence-corrected chi connectivity index (χ1v) is 12.6. The Balaban J connectivity index is 1.32.